The van der Waals surface area contributed by atoms with Crippen molar-refractivity contribution >= 4 is 15.7 Å². The minimum absolute atomic E-state index is 0.0777. The van der Waals surface area contributed by atoms with E-state index in [1.807, 2.05) is 38.9 Å². The minimum atomic E-state index is -3.95. The second-order valence-electron chi connectivity index (χ2n) is 7.58. The first kappa shape index (κ1) is 21.2. The number of rotatable bonds is 6. The third-order valence-electron chi connectivity index (χ3n) is 5.04. The molecule has 0 aliphatic carbocycles. The molecule has 29 heavy (non-hydrogen) atoms. The Bertz CT molecular complexity index is 1020. The van der Waals surface area contributed by atoms with Crippen molar-refractivity contribution in [2.45, 2.75) is 31.2 Å². The molecule has 8 nitrogen and oxygen atoms in total. The van der Waals surface area contributed by atoms with Gasteiger partial charge in [-0.25, -0.2) is 8.42 Å². The summed E-state index contributed by atoms with van der Waals surface area (Å²) in [6, 6.07) is 9.35. The van der Waals surface area contributed by atoms with Crippen LogP contribution >= 0.6 is 0 Å². The lowest BCUT2D eigenvalue weighted by Gasteiger charge is -2.21. The molecule has 0 aromatic heterocycles. The van der Waals surface area contributed by atoms with Crippen LogP contribution in [0.25, 0.3) is 0 Å². The molecule has 9 heteroatoms. The van der Waals surface area contributed by atoms with E-state index in [4.69, 9.17) is 4.74 Å². The van der Waals surface area contributed by atoms with E-state index in [-0.39, 0.29) is 22.4 Å². The van der Waals surface area contributed by atoms with Crippen molar-refractivity contribution in [1.82, 2.24) is 9.21 Å². The molecule has 1 fully saturated rings. The first-order valence-electron chi connectivity index (χ1n) is 9.29. The molecule has 1 saturated heterocycles. The molecule has 1 aliphatic rings. The van der Waals surface area contributed by atoms with Gasteiger partial charge in [-0.3, -0.25) is 10.1 Å². The van der Waals surface area contributed by atoms with E-state index in [9.17, 15) is 18.5 Å². The van der Waals surface area contributed by atoms with Crippen LogP contribution < -0.4 is 4.74 Å². The number of nitro benzene ring substituents is 1. The van der Waals surface area contributed by atoms with Crippen molar-refractivity contribution in [1.29, 1.82) is 0 Å². The van der Waals surface area contributed by atoms with Gasteiger partial charge in [-0.2, -0.15) is 4.31 Å². The highest BCUT2D eigenvalue weighted by molar-refractivity contribution is 7.89. The molecule has 0 amide bonds. The lowest BCUT2D eigenvalue weighted by molar-refractivity contribution is -0.385. The topological polar surface area (TPSA) is 93.0 Å². The normalized spacial score (nSPS) is 17.6. The molecule has 0 N–H and O–H groups in total. The molecule has 0 saturated carbocycles. The summed E-state index contributed by atoms with van der Waals surface area (Å²) in [5, 5.41) is 11.3. The molecule has 3 rings (SSSR count). The quantitative estimate of drug-likeness (QED) is 0.527. The van der Waals surface area contributed by atoms with Crippen molar-refractivity contribution < 1.29 is 18.1 Å². The second kappa shape index (κ2) is 8.10. The highest BCUT2D eigenvalue weighted by atomic mass is 32.2. The number of nitro groups is 1. The number of ether oxygens (including phenoxy) is 1. The molecule has 0 spiro atoms. The van der Waals surface area contributed by atoms with Crippen LogP contribution in [0.4, 0.5) is 5.69 Å². The molecule has 1 atom stereocenters. The van der Waals surface area contributed by atoms with Gasteiger partial charge in [-0.05, 0) is 63.7 Å². The van der Waals surface area contributed by atoms with Crippen LogP contribution in [0.3, 0.4) is 0 Å². The first-order valence-corrected chi connectivity index (χ1v) is 10.7. The Labute approximate surface area is 170 Å². The third kappa shape index (κ3) is 4.58. The van der Waals surface area contributed by atoms with Gasteiger partial charge in [0.15, 0.2) is 0 Å². The predicted molar refractivity (Wildman–Crippen MR) is 110 cm³/mol. The highest BCUT2D eigenvalue weighted by Crippen LogP contribution is 2.35. The van der Waals surface area contributed by atoms with Crippen LogP contribution in [-0.4, -0.2) is 55.8 Å². The van der Waals surface area contributed by atoms with Gasteiger partial charge in [0.2, 0.25) is 10.0 Å². The monoisotopic (exact) mass is 419 g/mol. The van der Waals surface area contributed by atoms with Crippen LogP contribution in [0.15, 0.2) is 41.3 Å². The summed E-state index contributed by atoms with van der Waals surface area (Å²) in [4.78, 5) is 12.4. The molecular weight excluding hydrogens is 394 g/mol. The standard InChI is InChI=1S/C20H25N3O5S/c1-14-9-15(2)11-18(10-14)28-19-6-5-16(23(24)25)12-20(19)29(26,27)22-8-7-17(13-22)21(3)4/h5-6,9-12,17H,7-8,13H2,1-4H3. The minimum Gasteiger partial charge on any atom is -0.456 e. The van der Waals surface area contributed by atoms with Crippen LogP contribution in [0.2, 0.25) is 0 Å². The Hall–Kier alpha value is -2.49. The molecule has 0 bridgehead atoms. The van der Waals surface area contributed by atoms with Gasteiger partial charge < -0.3 is 9.64 Å². The van der Waals surface area contributed by atoms with E-state index in [1.54, 1.807) is 12.1 Å². The lowest BCUT2D eigenvalue weighted by atomic mass is 10.1. The Kier molecular flexibility index (Phi) is 5.92. The number of hydrogen-bond acceptors (Lipinski definition) is 6. The number of likely N-dealkylation sites (N-methyl/N-ethyl adjacent to an activating group) is 1. The van der Waals surface area contributed by atoms with Crippen LogP contribution in [-0.2, 0) is 10.0 Å². The van der Waals surface area contributed by atoms with Gasteiger partial charge >= 0.3 is 0 Å². The van der Waals surface area contributed by atoms with Crippen molar-refractivity contribution in [2.24, 2.45) is 0 Å². The molecule has 156 valence electrons. The fourth-order valence-corrected chi connectivity index (χ4v) is 5.13. The number of aryl methyl sites for hydroxylation is 2. The molecule has 1 heterocycles. The van der Waals surface area contributed by atoms with E-state index in [0.29, 0.717) is 25.3 Å². The fraction of sp³-hybridized carbons (Fsp3) is 0.400. The zero-order valence-corrected chi connectivity index (χ0v) is 17.8. The van der Waals surface area contributed by atoms with Crippen LogP contribution in [0.5, 0.6) is 11.5 Å². The van der Waals surface area contributed by atoms with Gasteiger partial charge in [-0.15, -0.1) is 0 Å². The van der Waals surface area contributed by atoms with E-state index < -0.39 is 14.9 Å². The Morgan fingerprint density at radius 1 is 1.14 bits per heavy atom. The molecule has 1 unspecified atom stereocenters. The highest BCUT2D eigenvalue weighted by Gasteiger charge is 2.36. The Morgan fingerprint density at radius 2 is 1.79 bits per heavy atom. The van der Waals surface area contributed by atoms with Crippen LogP contribution in [0, 0.1) is 24.0 Å². The number of sulfonamides is 1. The van der Waals surface area contributed by atoms with Crippen molar-refractivity contribution in [3.8, 4) is 11.5 Å². The summed E-state index contributed by atoms with van der Waals surface area (Å²) in [5.74, 6) is 0.564. The fourth-order valence-electron chi connectivity index (χ4n) is 3.50. The number of non-ortho nitro benzene ring substituents is 1. The first-order chi connectivity index (χ1) is 13.6. The summed E-state index contributed by atoms with van der Waals surface area (Å²) >= 11 is 0. The largest absolute Gasteiger partial charge is 0.456 e. The maximum Gasteiger partial charge on any atom is 0.271 e. The lowest BCUT2D eigenvalue weighted by Crippen LogP contribution is -2.34. The summed E-state index contributed by atoms with van der Waals surface area (Å²) in [6.07, 6.45) is 0.703. The average Bonchev–Trinajstić information content (AvgIpc) is 3.12. The van der Waals surface area contributed by atoms with Gasteiger partial charge in [0, 0.05) is 31.3 Å². The summed E-state index contributed by atoms with van der Waals surface area (Å²) < 4.78 is 33.9. The third-order valence-corrected chi connectivity index (χ3v) is 6.92. The summed E-state index contributed by atoms with van der Waals surface area (Å²) in [6.45, 7) is 4.52. The number of nitrogens with zero attached hydrogens (tertiary/aromatic N) is 3. The van der Waals surface area contributed by atoms with Crippen molar-refractivity contribution in [3.63, 3.8) is 0 Å². The van der Waals surface area contributed by atoms with Crippen molar-refractivity contribution in [3.05, 3.63) is 57.6 Å². The van der Waals surface area contributed by atoms with Crippen molar-refractivity contribution in [2.75, 3.05) is 27.2 Å². The van der Waals surface area contributed by atoms with Gasteiger partial charge in [0.1, 0.15) is 16.4 Å². The number of benzene rings is 2. The molecule has 2 aromatic rings. The maximum atomic E-state index is 13.3. The smallest absolute Gasteiger partial charge is 0.271 e. The van der Waals surface area contributed by atoms with Crippen LogP contribution in [0.1, 0.15) is 17.5 Å². The zero-order chi connectivity index (χ0) is 21.3. The van der Waals surface area contributed by atoms with E-state index in [0.717, 1.165) is 17.2 Å². The molecule has 1 aliphatic heterocycles. The molecule has 2 aromatic carbocycles. The van der Waals surface area contributed by atoms with E-state index in [2.05, 4.69) is 0 Å². The predicted octanol–water partition coefficient (Wildman–Crippen LogP) is 3.33. The second-order valence-corrected chi connectivity index (χ2v) is 9.49. The average molecular weight is 420 g/mol. The summed E-state index contributed by atoms with van der Waals surface area (Å²) in [5.41, 5.74) is 1.65. The van der Waals surface area contributed by atoms with E-state index in [1.165, 1.54) is 16.4 Å². The molecular formula is C20H25N3O5S. The summed E-state index contributed by atoms with van der Waals surface area (Å²) in [7, 11) is -0.144. The van der Waals surface area contributed by atoms with Gasteiger partial charge in [0.05, 0.1) is 4.92 Å². The Balaban J connectivity index is 2.03. The zero-order valence-electron chi connectivity index (χ0n) is 17.0. The Morgan fingerprint density at radius 3 is 2.34 bits per heavy atom. The maximum absolute atomic E-state index is 13.3. The van der Waals surface area contributed by atoms with Gasteiger partial charge in [0.25, 0.3) is 5.69 Å². The number of hydrogen-bond donors (Lipinski definition) is 0. The molecule has 0 radical (unpaired) electrons. The van der Waals surface area contributed by atoms with Gasteiger partial charge in [-0.1, -0.05) is 6.07 Å². The van der Waals surface area contributed by atoms with E-state index >= 15 is 0 Å². The SMILES string of the molecule is Cc1cc(C)cc(Oc2ccc([N+](=O)[O-])cc2S(=O)(=O)N2CCC(N(C)C)C2)c1.